The third-order valence-corrected chi connectivity index (χ3v) is 4.49. The third-order valence-electron chi connectivity index (χ3n) is 3.41. The van der Waals surface area contributed by atoms with Crippen LogP contribution in [0.25, 0.3) is 0 Å². The molecule has 1 aromatic rings. The van der Waals surface area contributed by atoms with Gasteiger partial charge in [-0.05, 0) is 57.2 Å². The highest BCUT2D eigenvalue weighted by atomic mass is 32.1. The smallest absolute Gasteiger partial charge is 0.0623 e. The average Bonchev–Trinajstić information content (AvgIpc) is 2.78. The first-order chi connectivity index (χ1) is 8.04. The molecule has 1 heterocycles. The van der Waals surface area contributed by atoms with E-state index < -0.39 is 0 Å². The van der Waals surface area contributed by atoms with Gasteiger partial charge in [-0.2, -0.15) is 0 Å². The van der Waals surface area contributed by atoms with Gasteiger partial charge in [0.2, 0.25) is 0 Å². The van der Waals surface area contributed by atoms with Crippen LogP contribution in [0.15, 0.2) is 11.4 Å². The van der Waals surface area contributed by atoms with Gasteiger partial charge in [-0.15, -0.1) is 11.3 Å². The van der Waals surface area contributed by atoms with Gasteiger partial charge in [-0.25, -0.2) is 0 Å². The molecule has 98 valence electrons. The van der Waals surface area contributed by atoms with Crippen LogP contribution in [0.3, 0.4) is 0 Å². The summed E-state index contributed by atoms with van der Waals surface area (Å²) >= 11 is 1.86. The largest absolute Gasteiger partial charge is 0.379 e. The second-order valence-corrected chi connectivity index (χ2v) is 5.96. The van der Waals surface area contributed by atoms with E-state index >= 15 is 0 Å². The van der Waals surface area contributed by atoms with Gasteiger partial charge in [0, 0.05) is 18.0 Å². The summed E-state index contributed by atoms with van der Waals surface area (Å²) in [5.41, 5.74) is 1.45. The van der Waals surface area contributed by atoms with E-state index in [0.717, 1.165) is 19.3 Å². The van der Waals surface area contributed by atoms with Crippen molar-refractivity contribution in [1.29, 1.82) is 0 Å². The van der Waals surface area contributed by atoms with Gasteiger partial charge in [-0.1, -0.05) is 6.92 Å². The van der Waals surface area contributed by atoms with Crippen LogP contribution < -0.4 is 5.32 Å². The Kier molecular flexibility index (Phi) is 5.63. The van der Waals surface area contributed by atoms with Crippen molar-refractivity contribution in [2.45, 2.75) is 51.7 Å². The summed E-state index contributed by atoms with van der Waals surface area (Å²) in [6.45, 7) is 6.51. The molecule has 0 amide bonds. The fraction of sp³-hybridized carbons (Fsp3) is 0.714. The van der Waals surface area contributed by atoms with Gasteiger partial charge in [-0.3, -0.25) is 0 Å². The summed E-state index contributed by atoms with van der Waals surface area (Å²) in [6, 6.07) is 2.70. The maximum absolute atomic E-state index is 5.48. The number of aryl methyl sites for hydroxylation is 1. The first kappa shape index (κ1) is 14.7. The van der Waals surface area contributed by atoms with Crippen LogP contribution in [0.4, 0.5) is 0 Å². The predicted molar refractivity (Wildman–Crippen MR) is 75.8 cm³/mol. The molecule has 3 heteroatoms. The number of ether oxygens (including phenoxy) is 1. The lowest BCUT2D eigenvalue weighted by molar-refractivity contribution is 0.0119. The minimum atomic E-state index is -0.0290. The van der Waals surface area contributed by atoms with Crippen molar-refractivity contribution in [1.82, 2.24) is 5.32 Å². The Bertz CT molecular complexity index is 333. The average molecular weight is 255 g/mol. The zero-order chi connectivity index (χ0) is 12.9. The maximum Gasteiger partial charge on any atom is 0.0623 e. The van der Waals surface area contributed by atoms with Gasteiger partial charge in [0.25, 0.3) is 0 Å². The Labute approximate surface area is 109 Å². The maximum atomic E-state index is 5.48. The molecule has 1 unspecified atom stereocenters. The molecule has 0 saturated heterocycles. The Balaban J connectivity index is 2.66. The minimum Gasteiger partial charge on any atom is -0.379 e. The number of thiophene rings is 1. The van der Waals surface area contributed by atoms with Crippen molar-refractivity contribution < 1.29 is 4.74 Å². The molecule has 0 aliphatic rings. The van der Waals surface area contributed by atoms with E-state index in [1.165, 1.54) is 10.4 Å². The highest BCUT2D eigenvalue weighted by Crippen LogP contribution is 2.30. The van der Waals surface area contributed by atoms with Crippen molar-refractivity contribution in [2.24, 2.45) is 0 Å². The lowest BCUT2D eigenvalue weighted by Crippen LogP contribution is -2.26. The van der Waals surface area contributed by atoms with E-state index in [2.05, 4.69) is 37.5 Å². The lowest BCUT2D eigenvalue weighted by Gasteiger charge is -2.26. The zero-order valence-electron chi connectivity index (χ0n) is 11.7. The van der Waals surface area contributed by atoms with Crippen LogP contribution in [-0.2, 0) is 11.2 Å². The minimum absolute atomic E-state index is 0.0290. The number of methoxy groups -OCH3 is 1. The van der Waals surface area contributed by atoms with Crippen LogP contribution in [0.2, 0.25) is 0 Å². The van der Waals surface area contributed by atoms with Crippen molar-refractivity contribution in [3.8, 4) is 0 Å². The molecule has 1 rings (SSSR count). The summed E-state index contributed by atoms with van der Waals surface area (Å²) in [6.07, 6.45) is 3.30. The van der Waals surface area contributed by atoms with Crippen molar-refractivity contribution >= 4 is 11.3 Å². The van der Waals surface area contributed by atoms with E-state index in [4.69, 9.17) is 4.74 Å². The lowest BCUT2D eigenvalue weighted by atomic mass is 9.96. The third kappa shape index (κ3) is 4.09. The van der Waals surface area contributed by atoms with Crippen molar-refractivity contribution in [3.63, 3.8) is 0 Å². The molecule has 0 aromatic carbocycles. The second kappa shape index (κ2) is 6.53. The zero-order valence-corrected chi connectivity index (χ0v) is 12.5. The fourth-order valence-electron chi connectivity index (χ4n) is 1.95. The molecule has 2 nitrogen and oxygen atoms in total. The van der Waals surface area contributed by atoms with Crippen molar-refractivity contribution in [3.05, 3.63) is 21.9 Å². The molecule has 17 heavy (non-hydrogen) atoms. The molecular weight excluding hydrogens is 230 g/mol. The van der Waals surface area contributed by atoms with Gasteiger partial charge < -0.3 is 10.1 Å². The number of rotatable bonds is 7. The summed E-state index contributed by atoms with van der Waals surface area (Å²) < 4.78 is 5.48. The molecule has 0 spiro atoms. The molecule has 0 bridgehead atoms. The Morgan fingerprint density at radius 1 is 1.47 bits per heavy atom. The monoisotopic (exact) mass is 255 g/mol. The summed E-state index contributed by atoms with van der Waals surface area (Å²) in [5, 5.41) is 5.63. The van der Waals surface area contributed by atoms with E-state index in [9.17, 15) is 0 Å². The normalized spacial score (nSPS) is 13.9. The Hall–Kier alpha value is -0.380. The summed E-state index contributed by atoms with van der Waals surface area (Å²) in [4.78, 5) is 1.49. The summed E-state index contributed by atoms with van der Waals surface area (Å²) in [7, 11) is 3.83. The quantitative estimate of drug-likeness (QED) is 0.800. The van der Waals surface area contributed by atoms with E-state index in [1.54, 1.807) is 7.11 Å². The van der Waals surface area contributed by atoms with Gasteiger partial charge >= 0.3 is 0 Å². The Morgan fingerprint density at radius 3 is 2.71 bits per heavy atom. The number of nitrogens with one attached hydrogen (secondary N) is 1. The van der Waals surface area contributed by atoms with Crippen LogP contribution in [0.5, 0.6) is 0 Å². The molecule has 0 radical (unpaired) electrons. The molecule has 0 aliphatic carbocycles. The number of hydrogen-bond donors (Lipinski definition) is 1. The predicted octanol–water partition coefficient (Wildman–Crippen LogP) is 3.78. The van der Waals surface area contributed by atoms with Gasteiger partial charge in [0.15, 0.2) is 0 Å². The van der Waals surface area contributed by atoms with Gasteiger partial charge in [0.1, 0.15) is 0 Å². The molecule has 1 aromatic heterocycles. The van der Waals surface area contributed by atoms with E-state index in [1.807, 2.05) is 18.4 Å². The van der Waals surface area contributed by atoms with E-state index in [-0.39, 0.29) is 5.60 Å². The first-order valence-corrected chi connectivity index (χ1v) is 7.20. The summed E-state index contributed by atoms with van der Waals surface area (Å²) in [5.74, 6) is 0. The van der Waals surface area contributed by atoms with Crippen molar-refractivity contribution in [2.75, 3.05) is 14.2 Å². The first-order valence-electron chi connectivity index (χ1n) is 6.32. The van der Waals surface area contributed by atoms with Crippen LogP contribution in [-0.4, -0.2) is 19.8 Å². The van der Waals surface area contributed by atoms with E-state index in [0.29, 0.717) is 6.04 Å². The molecule has 0 fully saturated rings. The standard InChI is InChI=1S/C14H25NOS/c1-6-11-8-10-17-13(11)12(15-4)7-9-14(2,3)16-5/h8,10,12,15H,6-7,9H2,1-5H3. The SMILES string of the molecule is CCc1ccsc1C(CCC(C)(C)OC)NC. The molecule has 1 atom stereocenters. The molecule has 1 N–H and O–H groups in total. The second-order valence-electron chi connectivity index (χ2n) is 5.01. The molecule has 0 saturated carbocycles. The highest BCUT2D eigenvalue weighted by molar-refractivity contribution is 7.10. The highest BCUT2D eigenvalue weighted by Gasteiger charge is 2.21. The van der Waals surface area contributed by atoms with Crippen LogP contribution >= 0.6 is 11.3 Å². The van der Waals surface area contributed by atoms with Crippen LogP contribution in [0, 0.1) is 0 Å². The van der Waals surface area contributed by atoms with Crippen LogP contribution in [0.1, 0.15) is 50.1 Å². The number of hydrogen-bond acceptors (Lipinski definition) is 3. The Morgan fingerprint density at radius 2 is 2.18 bits per heavy atom. The van der Waals surface area contributed by atoms with Gasteiger partial charge in [0.05, 0.1) is 5.60 Å². The molecular formula is C14H25NOS. The molecule has 0 aliphatic heterocycles. The fourth-order valence-corrected chi connectivity index (χ4v) is 3.09. The topological polar surface area (TPSA) is 21.3 Å².